The molecule has 0 aromatic carbocycles. The van der Waals surface area contributed by atoms with Gasteiger partial charge in [0.25, 0.3) is 0 Å². The SMILES string of the molecule is CCCCNC(=NCCCCc1nc(C)cs1)NCC.I. The van der Waals surface area contributed by atoms with Crippen LogP contribution in [0.3, 0.4) is 0 Å². The van der Waals surface area contributed by atoms with Gasteiger partial charge in [0.15, 0.2) is 5.96 Å². The molecule has 2 N–H and O–H groups in total. The Morgan fingerprint density at radius 2 is 2.05 bits per heavy atom. The molecule has 0 radical (unpaired) electrons. The normalized spacial score (nSPS) is 11.1. The third-order valence-corrected chi connectivity index (χ3v) is 3.93. The second-order valence-corrected chi connectivity index (χ2v) is 5.82. The summed E-state index contributed by atoms with van der Waals surface area (Å²) in [5.41, 5.74) is 1.14. The number of hydrogen-bond acceptors (Lipinski definition) is 3. The average Bonchev–Trinajstić information content (AvgIpc) is 2.84. The van der Waals surface area contributed by atoms with Gasteiger partial charge in [0, 0.05) is 30.7 Å². The Kier molecular flexibility index (Phi) is 13.1. The lowest BCUT2D eigenvalue weighted by atomic mass is 10.2. The van der Waals surface area contributed by atoms with Gasteiger partial charge in [0.2, 0.25) is 0 Å². The van der Waals surface area contributed by atoms with Gasteiger partial charge < -0.3 is 10.6 Å². The molecule has 0 bridgehead atoms. The maximum Gasteiger partial charge on any atom is 0.191 e. The number of aliphatic imine (C=N–C) groups is 1. The van der Waals surface area contributed by atoms with Gasteiger partial charge in [-0.3, -0.25) is 4.99 Å². The summed E-state index contributed by atoms with van der Waals surface area (Å²) in [5.74, 6) is 0.950. The van der Waals surface area contributed by atoms with E-state index >= 15 is 0 Å². The van der Waals surface area contributed by atoms with Crippen LogP contribution in [0, 0.1) is 6.92 Å². The minimum atomic E-state index is 0. The fourth-order valence-electron chi connectivity index (χ4n) is 1.82. The lowest BCUT2D eigenvalue weighted by Gasteiger charge is -2.10. The summed E-state index contributed by atoms with van der Waals surface area (Å²) in [6.07, 6.45) is 5.75. The fraction of sp³-hybridized carbons (Fsp3) is 0.733. The van der Waals surface area contributed by atoms with E-state index in [1.54, 1.807) is 11.3 Å². The van der Waals surface area contributed by atoms with Crippen LogP contribution >= 0.6 is 35.3 Å². The van der Waals surface area contributed by atoms with E-state index in [-0.39, 0.29) is 24.0 Å². The number of unbranched alkanes of at least 4 members (excludes halogenated alkanes) is 2. The van der Waals surface area contributed by atoms with Gasteiger partial charge in [-0.15, -0.1) is 35.3 Å². The zero-order valence-corrected chi connectivity index (χ0v) is 16.6. The summed E-state index contributed by atoms with van der Waals surface area (Å²) in [6.45, 7) is 9.14. The van der Waals surface area contributed by atoms with Crippen LogP contribution in [-0.2, 0) is 6.42 Å². The number of hydrogen-bond donors (Lipinski definition) is 2. The first kappa shape index (κ1) is 20.6. The predicted octanol–water partition coefficient (Wildman–Crippen LogP) is 3.75. The molecule has 21 heavy (non-hydrogen) atoms. The zero-order valence-electron chi connectivity index (χ0n) is 13.4. The molecule has 0 spiro atoms. The van der Waals surface area contributed by atoms with Crippen LogP contribution in [0.25, 0.3) is 0 Å². The van der Waals surface area contributed by atoms with Crippen LogP contribution in [0.2, 0.25) is 0 Å². The van der Waals surface area contributed by atoms with Crippen LogP contribution < -0.4 is 10.6 Å². The molecular formula is C15H29IN4S. The summed E-state index contributed by atoms with van der Waals surface area (Å²) < 4.78 is 0. The quantitative estimate of drug-likeness (QED) is 0.275. The summed E-state index contributed by atoms with van der Waals surface area (Å²) in [4.78, 5) is 9.08. The molecule has 1 aromatic heterocycles. The van der Waals surface area contributed by atoms with Crippen LogP contribution in [0.1, 0.15) is 50.2 Å². The second kappa shape index (κ2) is 13.3. The van der Waals surface area contributed by atoms with E-state index in [1.165, 1.54) is 17.8 Å². The van der Waals surface area contributed by atoms with Gasteiger partial charge in [-0.2, -0.15) is 0 Å². The molecule has 4 nitrogen and oxygen atoms in total. The summed E-state index contributed by atoms with van der Waals surface area (Å²) in [7, 11) is 0. The third-order valence-electron chi connectivity index (χ3n) is 2.90. The van der Waals surface area contributed by atoms with Crippen molar-refractivity contribution in [1.82, 2.24) is 15.6 Å². The number of halogens is 1. The van der Waals surface area contributed by atoms with Gasteiger partial charge >= 0.3 is 0 Å². The molecule has 1 rings (SSSR count). The molecule has 0 amide bonds. The van der Waals surface area contributed by atoms with Crippen molar-refractivity contribution in [2.75, 3.05) is 19.6 Å². The summed E-state index contributed by atoms with van der Waals surface area (Å²) in [6, 6.07) is 0. The molecule has 0 saturated carbocycles. The standard InChI is InChI=1S/C15H28N4S.HI/c1-4-6-10-17-15(16-5-2)18-11-8-7-9-14-19-13(3)12-20-14;/h12H,4-11H2,1-3H3,(H2,16,17,18);1H. The summed E-state index contributed by atoms with van der Waals surface area (Å²) >= 11 is 1.76. The predicted molar refractivity (Wildman–Crippen MR) is 104 cm³/mol. The maximum atomic E-state index is 4.60. The molecule has 0 saturated heterocycles. The molecule has 0 atom stereocenters. The molecule has 0 unspecified atom stereocenters. The Bertz CT molecular complexity index is 393. The Labute approximate surface area is 150 Å². The van der Waals surface area contributed by atoms with Crippen molar-refractivity contribution in [3.63, 3.8) is 0 Å². The summed E-state index contributed by atoms with van der Waals surface area (Å²) in [5, 5.41) is 10.0. The number of aryl methyl sites for hydroxylation is 2. The first-order valence-corrected chi connectivity index (χ1v) is 8.57. The van der Waals surface area contributed by atoms with Crippen molar-refractivity contribution >= 4 is 41.3 Å². The largest absolute Gasteiger partial charge is 0.357 e. The van der Waals surface area contributed by atoms with Crippen molar-refractivity contribution in [1.29, 1.82) is 0 Å². The van der Waals surface area contributed by atoms with E-state index < -0.39 is 0 Å². The van der Waals surface area contributed by atoms with Crippen LogP contribution in [0.5, 0.6) is 0 Å². The van der Waals surface area contributed by atoms with E-state index in [0.717, 1.165) is 50.6 Å². The molecule has 0 fully saturated rings. The minimum absolute atomic E-state index is 0. The van der Waals surface area contributed by atoms with Gasteiger partial charge in [-0.1, -0.05) is 13.3 Å². The van der Waals surface area contributed by atoms with E-state index in [9.17, 15) is 0 Å². The first-order valence-electron chi connectivity index (χ1n) is 7.69. The highest BCUT2D eigenvalue weighted by Gasteiger charge is 1.99. The molecule has 1 aromatic rings. The van der Waals surface area contributed by atoms with Gasteiger partial charge in [0.05, 0.1) is 5.01 Å². The Hall–Kier alpha value is -0.370. The Morgan fingerprint density at radius 3 is 2.67 bits per heavy atom. The van der Waals surface area contributed by atoms with Gasteiger partial charge in [-0.05, 0) is 39.5 Å². The molecule has 0 aliphatic carbocycles. The molecule has 6 heteroatoms. The monoisotopic (exact) mass is 424 g/mol. The maximum absolute atomic E-state index is 4.60. The third kappa shape index (κ3) is 10.1. The molecule has 0 aliphatic rings. The fourth-order valence-corrected chi connectivity index (χ4v) is 2.64. The van der Waals surface area contributed by atoms with Crippen molar-refractivity contribution in [2.45, 2.75) is 52.9 Å². The van der Waals surface area contributed by atoms with E-state index in [0.29, 0.717) is 0 Å². The highest BCUT2D eigenvalue weighted by atomic mass is 127. The number of nitrogens with zero attached hydrogens (tertiary/aromatic N) is 2. The smallest absolute Gasteiger partial charge is 0.191 e. The molecule has 1 heterocycles. The average molecular weight is 424 g/mol. The van der Waals surface area contributed by atoms with Crippen LogP contribution in [0.4, 0.5) is 0 Å². The highest BCUT2D eigenvalue weighted by molar-refractivity contribution is 14.0. The molecule has 122 valence electrons. The Morgan fingerprint density at radius 1 is 1.24 bits per heavy atom. The van der Waals surface area contributed by atoms with E-state index in [4.69, 9.17) is 0 Å². The molecular weight excluding hydrogens is 395 g/mol. The van der Waals surface area contributed by atoms with Crippen molar-refractivity contribution in [3.05, 3.63) is 16.1 Å². The minimum Gasteiger partial charge on any atom is -0.357 e. The lowest BCUT2D eigenvalue weighted by molar-refractivity contribution is 0.711. The van der Waals surface area contributed by atoms with E-state index in [2.05, 4.69) is 46.8 Å². The van der Waals surface area contributed by atoms with E-state index in [1.807, 2.05) is 0 Å². The van der Waals surface area contributed by atoms with Gasteiger partial charge in [0.1, 0.15) is 0 Å². The first-order chi connectivity index (χ1) is 9.76. The van der Waals surface area contributed by atoms with Gasteiger partial charge in [-0.25, -0.2) is 4.98 Å². The van der Waals surface area contributed by atoms with Crippen molar-refractivity contribution in [2.24, 2.45) is 4.99 Å². The van der Waals surface area contributed by atoms with Crippen LogP contribution in [0.15, 0.2) is 10.4 Å². The molecule has 0 aliphatic heterocycles. The number of rotatable bonds is 9. The Balaban J connectivity index is 0.00000400. The van der Waals surface area contributed by atoms with Crippen LogP contribution in [-0.4, -0.2) is 30.6 Å². The number of nitrogens with one attached hydrogen (secondary N) is 2. The number of thiazole rings is 1. The highest BCUT2D eigenvalue weighted by Crippen LogP contribution is 2.11. The lowest BCUT2D eigenvalue weighted by Crippen LogP contribution is -2.37. The number of guanidine groups is 1. The number of aromatic nitrogens is 1. The second-order valence-electron chi connectivity index (χ2n) is 4.88. The van der Waals surface area contributed by atoms with Crippen molar-refractivity contribution in [3.8, 4) is 0 Å². The van der Waals surface area contributed by atoms with Crippen molar-refractivity contribution < 1.29 is 0 Å². The topological polar surface area (TPSA) is 49.3 Å². The zero-order chi connectivity index (χ0) is 14.6.